The van der Waals surface area contributed by atoms with Crippen LogP contribution < -0.4 is 0 Å². The molecule has 0 radical (unpaired) electrons. The van der Waals surface area contributed by atoms with Crippen LogP contribution >= 0.6 is 0 Å². The smallest absolute Gasteiger partial charge is 0.0960 e. The molecule has 0 aliphatic rings. The first-order chi connectivity index (χ1) is 10.2. The van der Waals surface area contributed by atoms with Crippen molar-refractivity contribution < 1.29 is 5.11 Å². The fourth-order valence-electron chi connectivity index (χ4n) is 3.04. The first-order valence-corrected chi connectivity index (χ1v) is 8.71. The zero-order chi connectivity index (χ0) is 15.7. The van der Waals surface area contributed by atoms with Crippen molar-refractivity contribution in [3.8, 4) is 0 Å². The topological polar surface area (TPSA) is 20.2 Å². The molecule has 21 heavy (non-hydrogen) atoms. The second kappa shape index (κ2) is 9.65. The maximum atomic E-state index is 10.5. The molecule has 0 fully saturated rings. The maximum absolute atomic E-state index is 10.5. The molecule has 0 bridgehead atoms. The Labute approximate surface area is 131 Å². The van der Waals surface area contributed by atoms with Crippen molar-refractivity contribution in [1.82, 2.24) is 0 Å². The average Bonchev–Trinajstić information content (AvgIpc) is 2.47. The van der Waals surface area contributed by atoms with Gasteiger partial charge in [0.05, 0.1) is 5.76 Å². The van der Waals surface area contributed by atoms with E-state index in [9.17, 15) is 5.11 Å². The second-order valence-corrected chi connectivity index (χ2v) is 5.87. The summed E-state index contributed by atoms with van der Waals surface area (Å²) in [5.74, 6) is 0.602. The minimum Gasteiger partial charge on any atom is -0.512 e. The highest BCUT2D eigenvalue weighted by Gasteiger charge is 2.14. The number of rotatable bonds is 9. The molecule has 1 N–H and O–H groups in total. The Morgan fingerprint density at radius 3 is 2.10 bits per heavy atom. The summed E-state index contributed by atoms with van der Waals surface area (Å²) in [7, 11) is 0. The Morgan fingerprint density at radius 1 is 0.857 bits per heavy atom. The van der Waals surface area contributed by atoms with E-state index in [-0.39, 0.29) is 0 Å². The summed E-state index contributed by atoms with van der Waals surface area (Å²) in [6, 6.07) is 6.63. The van der Waals surface area contributed by atoms with Crippen molar-refractivity contribution in [3.63, 3.8) is 0 Å². The Morgan fingerprint density at radius 2 is 1.52 bits per heavy atom. The molecule has 0 saturated heterocycles. The summed E-state index contributed by atoms with van der Waals surface area (Å²) in [5.41, 5.74) is 5.42. The molecule has 0 amide bonds. The van der Waals surface area contributed by atoms with Crippen molar-refractivity contribution in [2.45, 2.75) is 79.1 Å². The number of aryl methyl sites for hydroxylation is 1. The van der Waals surface area contributed by atoms with E-state index in [2.05, 4.69) is 45.9 Å². The van der Waals surface area contributed by atoms with Crippen LogP contribution in [-0.4, -0.2) is 5.11 Å². The van der Waals surface area contributed by atoms with Gasteiger partial charge in [-0.05, 0) is 47.9 Å². The van der Waals surface area contributed by atoms with Gasteiger partial charge >= 0.3 is 0 Å². The molecule has 0 saturated carbocycles. The zero-order valence-electron chi connectivity index (χ0n) is 14.3. The van der Waals surface area contributed by atoms with E-state index in [0.717, 1.165) is 44.9 Å². The van der Waals surface area contributed by atoms with E-state index in [1.165, 1.54) is 28.7 Å². The van der Waals surface area contributed by atoms with Gasteiger partial charge in [0.1, 0.15) is 0 Å². The van der Waals surface area contributed by atoms with E-state index in [1.54, 1.807) is 0 Å². The molecular formula is C20H32O. The Balaban J connectivity index is 3.35. The summed E-state index contributed by atoms with van der Waals surface area (Å²) in [4.78, 5) is 0. The van der Waals surface area contributed by atoms with E-state index in [1.807, 2.05) is 0 Å². The van der Waals surface area contributed by atoms with Gasteiger partial charge in [0.25, 0.3) is 0 Å². The van der Waals surface area contributed by atoms with Gasteiger partial charge in [-0.15, -0.1) is 0 Å². The number of aliphatic hydroxyl groups is 1. The van der Waals surface area contributed by atoms with E-state index in [4.69, 9.17) is 0 Å². The van der Waals surface area contributed by atoms with Crippen LogP contribution in [0.1, 0.15) is 82.9 Å². The normalized spacial score (nSPS) is 12.4. The predicted molar refractivity (Wildman–Crippen MR) is 93.8 cm³/mol. The molecule has 0 aliphatic heterocycles. The largest absolute Gasteiger partial charge is 0.512 e. The van der Waals surface area contributed by atoms with Crippen molar-refractivity contribution in [2.75, 3.05) is 0 Å². The zero-order valence-corrected chi connectivity index (χ0v) is 14.3. The van der Waals surface area contributed by atoms with Crippen LogP contribution in [0, 0.1) is 0 Å². The summed E-state index contributed by atoms with van der Waals surface area (Å²) >= 11 is 0. The van der Waals surface area contributed by atoms with Gasteiger partial charge in [0, 0.05) is 6.42 Å². The number of allylic oxidation sites excluding steroid dienone is 2. The lowest BCUT2D eigenvalue weighted by Crippen LogP contribution is -2.02. The lowest BCUT2D eigenvalue weighted by atomic mass is 9.88. The molecule has 1 rings (SSSR count). The molecule has 1 heteroatoms. The minimum absolute atomic E-state index is 0.602. The molecule has 0 unspecified atom stereocenters. The molecule has 0 heterocycles. The Hall–Kier alpha value is -1.24. The van der Waals surface area contributed by atoms with Gasteiger partial charge in [-0.3, -0.25) is 0 Å². The number of hydrogen-bond donors (Lipinski definition) is 1. The first kappa shape index (κ1) is 17.8. The molecule has 0 spiro atoms. The van der Waals surface area contributed by atoms with Gasteiger partial charge in [-0.25, -0.2) is 0 Å². The minimum atomic E-state index is 0.602. The van der Waals surface area contributed by atoms with E-state index >= 15 is 0 Å². The molecule has 0 aromatic heterocycles. The SMILES string of the molecule is CCCC(O)=C(CCC)c1cccc(CCC)c1CCC. The third-order valence-corrected chi connectivity index (χ3v) is 3.95. The molecule has 0 atom stereocenters. The van der Waals surface area contributed by atoms with E-state index < -0.39 is 0 Å². The highest BCUT2D eigenvalue weighted by molar-refractivity contribution is 5.71. The molecule has 0 aliphatic carbocycles. The fraction of sp³-hybridized carbons (Fsp3) is 0.600. The maximum Gasteiger partial charge on any atom is 0.0960 e. The Bertz CT molecular complexity index is 457. The van der Waals surface area contributed by atoms with Gasteiger partial charge in [-0.2, -0.15) is 0 Å². The number of aliphatic hydroxyl groups excluding tert-OH is 1. The summed E-state index contributed by atoms with van der Waals surface area (Å²) < 4.78 is 0. The van der Waals surface area contributed by atoms with Crippen molar-refractivity contribution in [3.05, 3.63) is 40.6 Å². The summed E-state index contributed by atoms with van der Waals surface area (Å²) in [6.45, 7) is 8.79. The fourth-order valence-corrected chi connectivity index (χ4v) is 3.04. The molecule has 1 aromatic carbocycles. The van der Waals surface area contributed by atoms with Crippen LogP contribution in [0.4, 0.5) is 0 Å². The average molecular weight is 288 g/mol. The van der Waals surface area contributed by atoms with Crippen LogP contribution in [-0.2, 0) is 12.8 Å². The molecule has 118 valence electrons. The number of benzene rings is 1. The lowest BCUT2D eigenvalue weighted by Gasteiger charge is -2.18. The van der Waals surface area contributed by atoms with Crippen LogP contribution in [0.25, 0.3) is 5.57 Å². The molecular weight excluding hydrogens is 256 g/mol. The van der Waals surface area contributed by atoms with Crippen molar-refractivity contribution in [2.24, 2.45) is 0 Å². The van der Waals surface area contributed by atoms with Crippen LogP contribution in [0.2, 0.25) is 0 Å². The van der Waals surface area contributed by atoms with Crippen molar-refractivity contribution >= 4 is 5.57 Å². The highest BCUT2D eigenvalue weighted by Crippen LogP contribution is 2.31. The number of hydrogen-bond acceptors (Lipinski definition) is 1. The molecule has 1 aromatic rings. The standard InChI is InChI=1S/C20H32O/c1-5-10-16-14-9-15-18(17(16)11-6-2)19(12-7-3)20(21)13-8-4/h9,14-15,21H,5-8,10-13H2,1-4H3. The third-order valence-electron chi connectivity index (χ3n) is 3.95. The van der Waals surface area contributed by atoms with E-state index in [0.29, 0.717) is 5.76 Å². The monoisotopic (exact) mass is 288 g/mol. The second-order valence-electron chi connectivity index (χ2n) is 5.87. The van der Waals surface area contributed by atoms with Gasteiger partial charge < -0.3 is 5.11 Å². The van der Waals surface area contributed by atoms with Crippen LogP contribution in [0.15, 0.2) is 24.0 Å². The third kappa shape index (κ3) is 4.91. The van der Waals surface area contributed by atoms with Gasteiger partial charge in [0.15, 0.2) is 0 Å². The first-order valence-electron chi connectivity index (χ1n) is 8.71. The highest BCUT2D eigenvalue weighted by atomic mass is 16.3. The van der Waals surface area contributed by atoms with Crippen LogP contribution in [0.3, 0.4) is 0 Å². The van der Waals surface area contributed by atoms with Gasteiger partial charge in [0.2, 0.25) is 0 Å². The molecule has 1 nitrogen and oxygen atoms in total. The summed E-state index contributed by atoms with van der Waals surface area (Å²) in [5, 5.41) is 10.5. The van der Waals surface area contributed by atoms with Crippen LogP contribution in [0.5, 0.6) is 0 Å². The lowest BCUT2D eigenvalue weighted by molar-refractivity contribution is 0.387. The van der Waals surface area contributed by atoms with Gasteiger partial charge in [-0.1, -0.05) is 65.2 Å². The quantitative estimate of drug-likeness (QED) is 0.517. The summed E-state index contributed by atoms with van der Waals surface area (Å²) in [6.07, 6.45) is 8.41. The predicted octanol–water partition coefficient (Wildman–Crippen LogP) is 6.46. The van der Waals surface area contributed by atoms with Crippen molar-refractivity contribution in [1.29, 1.82) is 0 Å². The Kier molecular flexibility index (Phi) is 8.19.